The molecule has 0 aromatic heterocycles. The Morgan fingerprint density at radius 2 is 2.20 bits per heavy atom. The molecular weight excluding hydrogens is 291 g/mol. The van der Waals surface area contributed by atoms with Crippen LogP contribution in [0.2, 0.25) is 0 Å². The molecule has 1 atom stereocenters. The Morgan fingerprint density at radius 3 is 2.85 bits per heavy atom. The van der Waals surface area contributed by atoms with Crippen LogP contribution in [0, 0.1) is 0 Å². The normalized spacial score (nSPS) is 19.9. The van der Waals surface area contributed by atoms with Gasteiger partial charge in [0.05, 0.1) is 6.04 Å². The van der Waals surface area contributed by atoms with Gasteiger partial charge in [0, 0.05) is 24.5 Å². The highest BCUT2D eigenvalue weighted by Gasteiger charge is 2.30. The number of piperazine rings is 1. The lowest BCUT2D eigenvalue weighted by Crippen LogP contribution is -2.50. The average molecular weight is 305 g/mol. The lowest BCUT2D eigenvalue weighted by molar-refractivity contribution is -0.0328. The SMILES string of the molecule is NC(=O)N1CCNCC1c1cccc(SC(F)(F)F)c1. The number of amides is 2. The molecule has 2 amide bonds. The number of thioether (sulfide) groups is 1. The van der Waals surface area contributed by atoms with Crippen LogP contribution in [0.4, 0.5) is 18.0 Å². The summed E-state index contributed by atoms with van der Waals surface area (Å²) in [5.41, 5.74) is 1.63. The molecule has 0 spiro atoms. The fourth-order valence-electron chi connectivity index (χ4n) is 2.18. The van der Waals surface area contributed by atoms with Crippen molar-refractivity contribution in [1.82, 2.24) is 10.2 Å². The van der Waals surface area contributed by atoms with Crippen LogP contribution in [0.15, 0.2) is 29.2 Å². The summed E-state index contributed by atoms with van der Waals surface area (Å²) >= 11 is -0.167. The van der Waals surface area contributed by atoms with Crippen LogP contribution < -0.4 is 11.1 Å². The molecule has 1 aromatic carbocycles. The fraction of sp³-hybridized carbons (Fsp3) is 0.417. The first kappa shape index (κ1) is 15.0. The third kappa shape index (κ3) is 3.80. The highest BCUT2D eigenvalue weighted by molar-refractivity contribution is 8.00. The zero-order chi connectivity index (χ0) is 14.8. The van der Waals surface area contributed by atoms with Crippen molar-refractivity contribution in [3.05, 3.63) is 29.8 Å². The summed E-state index contributed by atoms with van der Waals surface area (Å²) in [6.45, 7) is 1.54. The predicted molar refractivity (Wildman–Crippen MR) is 70.3 cm³/mol. The number of nitrogens with one attached hydrogen (secondary N) is 1. The number of benzene rings is 1. The maximum Gasteiger partial charge on any atom is 0.446 e. The number of urea groups is 1. The van der Waals surface area contributed by atoms with E-state index < -0.39 is 11.5 Å². The maximum atomic E-state index is 12.4. The van der Waals surface area contributed by atoms with Gasteiger partial charge in [-0.25, -0.2) is 4.79 Å². The molecular formula is C12H14F3N3OS. The number of hydrogen-bond acceptors (Lipinski definition) is 3. The Labute approximate surface area is 118 Å². The Morgan fingerprint density at radius 1 is 1.45 bits per heavy atom. The minimum absolute atomic E-state index is 0.102. The lowest BCUT2D eigenvalue weighted by Gasteiger charge is -2.35. The van der Waals surface area contributed by atoms with E-state index in [0.717, 1.165) is 0 Å². The number of carbonyl (C=O) groups excluding carboxylic acids is 1. The van der Waals surface area contributed by atoms with Crippen molar-refractivity contribution in [3.8, 4) is 0 Å². The molecule has 0 aliphatic carbocycles. The third-order valence-electron chi connectivity index (χ3n) is 3.00. The summed E-state index contributed by atoms with van der Waals surface area (Å²) in [5, 5.41) is 3.11. The summed E-state index contributed by atoms with van der Waals surface area (Å²) in [4.78, 5) is 13.0. The van der Waals surface area contributed by atoms with Gasteiger partial charge in [-0.1, -0.05) is 12.1 Å². The van der Waals surface area contributed by atoms with Gasteiger partial charge in [-0.3, -0.25) is 0 Å². The zero-order valence-electron chi connectivity index (χ0n) is 10.5. The van der Waals surface area contributed by atoms with Gasteiger partial charge in [0.2, 0.25) is 0 Å². The first-order valence-corrected chi connectivity index (χ1v) is 6.81. The number of nitrogens with zero attached hydrogens (tertiary/aromatic N) is 1. The molecule has 1 saturated heterocycles. The molecule has 2 rings (SSSR count). The van der Waals surface area contributed by atoms with Gasteiger partial charge < -0.3 is 16.0 Å². The Hall–Kier alpha value is -1.41. The van der Waals surface area contributed by atoms with Gasteiger partial charge in [0.1, 0.15) is 0 Å². The molecule has 110 valence electrons. The number of alkyl halides is 3. The van der Waals surface area contributed by atoms with Crippen molar-refractivity contribution >= 4 is 17.8 Å². The van der Waals surface area contributed by atoms with E-state index in [1.165, 1.54) is 17.0 Å². The molecule has 0 saturated carbocycles. The van der Waals surface area contributed by atoms with Crippen molar-refractivity contribution in [2.24, 2.45) is 5.73 Å². The smallest absolute Gasteiger partial charge is 0.351 e. The van der Waals surface area contributed by atoms with Gasteiger partial charge in [-0.15, -0.1) is 0 Å². The number of carbonyl (C=O) groups is 1. The van der Waals surface area contributed by atoms with Crippen LogP contribution in [-0.2, 0) is 0 Å². The Balaban J connectivity index is 2.22. The molecule has 1 aliphatic rings. The molecule has 8 heteroatoms. The van der Waals surface area contributed by atoms with Crippen LogP contribution in [0.25, 0.3) is 0 Å². The predicted octanol–water partition coefficient (Wildman–Crippen LogP) is 2.32. The second kappa shape index (κ2) is 5.92. The summed E-state index contributed by atoms with van der Waals surface area (Å²) < 4.78 is 37.2. The summed E-state index contributed by atoms with van der Waals surface area (Å²) in [5.74, 6) is 0. The molecule has 20 heavy (non-hydrogen) atoms. The van der Waals surface area contributed by atoms with Crippen molar-refractivity contribution < 1.29 is 18.0 Å². The molecule has 1 aliphatic heterocycles. The van der Waals surface area contributed by atoms with Crippen molar-refractivity contribution in [2.45, 2.75) is 16.4 Å². The third-order valence-corrected chi connectivity index (χ3v) is 3.72. The van der Waals surface area contributed by atoms with E-state index in [9.17, 15) is 18.0 Å². The minimum atomic E-state index is -4.33. The standard InChI is InChI=1S/C12H14F3N3OS/c13-12(14,15)20-9-3-1-2-8(6-9)10-7-17-4-5-18(10)11(16)19/h1-3,6,10,17H,4-5,7H2,(H2,16,19). The van der Waals surface area contributed by atoms with Gasteiger partial charge >= 0.3 is 11.5 Å². The van der Waals surface area contributed by atoms with Gasteiger partial charge in [-0.05, 0) is 29.5 Å². The van der Waals surface area contributed by atoms with Gasteiger partial charge in [0.15, 0.2) is 0 Å². The van der Waals surface area contributed by atoms with Crippen LogP contribution in [0.5, 0.6) is 0 Å². The molecule has 4 nitrogen and oxygen atoms in total. The molecule has 0 radical (unpaired) electrons. The van der Waals surface area contributed by atoms with Crippen LogP contribution in [0.1, 0.15) is 11.6 Å². The van der Waals surface area contributed by atoms with E-state index in [2.05, 4.69) is 5.32 Å². The minimum Gasteiger partial charge on any atom is -0.351 e. The van der Waals surface area contributed by atoms with Crippen LogP contribution in [0.3, 0.4) is 0 Å². The number of halogens is 3. The van der Waals surface area contributed by atoms with E-state index in [1.807, 2.05) is 0 Å². The molecule has 1 aromatic rings. The monoisotopic (exact) mass is 305 g/mol. The van der Waals surface area contributed by atoms with E-state index in [1.54, 1.807) is 12.1 Å². The molecule has 3 N–H and O–H groups in total. The van der Waals surface area contributed by atoms with E-state index in [0.29, 0.717) is 25.2 Å². The van der Waals surface area contributed by atoms with Crippen molar-refractivity contribution in [3.63, 3.8) is 0 Å². The molecule has 1 unspecified atom stereocenters. The number of rotatable bonds is 2. The average Bonchev–Trinajstić information content (AvgIpc) is 2.37. The quantitative estimate of drug-likeness (QED) is 0.825. The summed E-state index contributed by atoms with van der Waals surface area (Å²) in [6.07, 6.45) is 0. The highest BCUT2D eigenvalue weighted by atomic mass is 32.2. The van der Waals surface area contributed by atoms with Crippen molar-refractivity contribution in [1.29, 1.82) is 0 Å². The largest absolute Gasteiger partial charge is 0.446 e. The fourth-order valence-corrected chi connectivity index (χ4v) is 2.79. The zero-order valence-corrected chi connectivity index (χ0v) is 11.3. The van der Waals surface area contributed by atoms with E-state index in [-0.39, 0.29) is 22.7 Å². The van der Waals surface area contributed by atoms with E-state index >= 15 is 0 Å². The molecule has 1 fully saturated rings. The number of nitrogens with two attached hydrogens (primary N) is 1. The van der Waals surface area contributed by atoms with Crippen LogP contribution >= 0.6 is 11.8 Å². The first-order valence-electron chi connectivity index (χ1n) is 5.99. The summed E-state index contributed by atoms with van der Waals surface area (Å²) in [6, 6.07) is 5.20. The van der Waals surface area contributed by atoms with Gasteiger partial charge in [0.25, 0.3) is 0 Å². The second-order valence-corrected chi connectivity index (χ2v) is 5.51. The second-order valence-electron chi connectivity index (χ2n) is 4.37. The number of hydrogen-bond donors (Lipinski definition) is 2. The summed E-state index contributed by atoms with van der Waals surface area (Å²) in [7, 11) is 0. The highest BCUT2D eigenvalue weighted by Crippen LogP contribution is 2.38. The molecule has 1 heterocycles. The Bertz CT molecular complexity index is 495. The first-order chi connectivity index (χ1) is 9.37. The lowest BCUT2D eigenvalue weighted by atomic mass is 10.0. The Kier molecular flexibility index (Phi) is 4.44. The number of primary amides is 1. The van der Waals surface area contributed by atoms with Crippen LogP contribution in [-0.4, -0.2) is 36.1 Å². The topological polar surface area (TPSA) is 58.4 Å². The van der Waals surface area contributed by atoms with E-state index in [4.69, 9.17) is 5.73 Å². The van der Waals surface area contributed by atoms with Crippen molar-refractivity contribution in [2.75, 3.05) is 19.6 Å². The van der Waals surface area contributed by atoms with Gasteiger partial charge in [-0.2, -0.15) is 13.2 Å². The maximum absolute atomic E-state index is 12.4. The molecule has 0 bridgehead atoms.